The molecule has 2 aliphatic heterocycles. The Hall–Kier alpha value is -0.0800. The van der Waals surface area contributed by atoms with Crippen LogP contribution in [0.5, 0.6) is 0 Å². The molecule has 0 amide bonds. The third-order valence-corrected chi connectivity index (χ3v) is 1.90. The fourth-order valence-corrected chi connectivity index (χ4v) is 1.24. The Morgan fingerprint density at radius 2 is 2.43 bits per heavy atom. The van der Waals surface area contributed by atoms with Crippen molar-refractivity contribution >= 4 is 0 Å². The van der Waals surface area contributed by atoms with Gasteiger partial charge in [-0.15, -0.1) is 0 Å². The average Bonchev–Trinajstić information content (AvgIpc) is 1.91. The van der Waals surface area contributed by atoms with Crippen molar-refractivity contribution in [2.75, 3.05) is 19.6 Å². The standard InChI is InChI=1S/C5H10N2/c1-4-2-7-5(4)3-6-1/h4-7H,1-3H2/t4-,5+/m0/s1/i/hD. The number of hydrogen-bond acceptors (Lipinski definition) is 2. The van der Waals surface area contributed by atoms with Crippen molar-refractivity contribution in [2.45, 2.75) is 6.04 Å². The molecule has 2 heterocycles. The maximum Gasteiger partial charge on any atom is 0.122 e. The molecular weight excluding hydrogens is 88.1 g/mol. The normalized spacial score (nSPS) is 52.9. The summed E-state index contributed by atoms with van der Waals surface area (Å²) in [7, 11) is 0. The van der Waals surface area contributed by atoms with Gasteiger partial charge < -0.3 is 10.6 Å². The van der Waals surface area contributed by atoms with Crippen LogP contribution in [-0.4, -0.2) is 25.7 Å². The van der Waals surface area contributed by atoms with Crippen molar-refractivity contribution in [3.8, 4) is 0 Å². The highest BCUT2D eigenvalue weighted by Crippen LogP contribution is 2.15. The average molecular weight is 99.2 g/mol. The minimum atomic E-state index is 0.660. The molecule has 0 aromatic rings. The molecule has 2 aliphatic rings. The van der Waals surface area contributed by atoms with E-state index in [0.717, 1.165) is 25.6 Å². The zero-order valence-electron chi connectivity index (χ0n) is 5.22. The summed E-state index contributed by atoms with van der Waals surface area (Å²) in [5.41, 5.74) is 0. The summed E-state index contributed by atoms with van der Waals surface area (Å²) in [6.07, 6.45) is 0. The highest BCUT2D eigenvalue weighted by atomic mass is 15.1. The van der Waals surface area contributed by atoms with Crippen LogP contribution in [0.3, 0.4) is 0 Å². The molecule has 2 heteroatoms. The molecule has 2 N–H and O–H groups in total. The molecule has 0 aromatic heterocycles. The van der Waals surface area contributed by atoms with Crippen LogP contribution in [0.2, 0.25) is 1.41 Å². The first-order valence-corrected chi connectivity index (χ1v) is 2.83. The minimum Gasteiger partial charge on any atom is -0.315 e. The van der Waals surface area contributed by atoms with Gasteiger partial charge in [0.2, 0.25) is 0 Å². The first-order chi connectivity index (χ1) is 3.86. The van der Waals surface area contributed by atoms with Gasteiger partial charge in [0.15, 0.2) is 0 Å². The van der Waals surface area contributed by atoms with Crippen LogP contribution in [0, 0.1) is 5.92 Å². The molecule has 2 saturated heterocycles. The maximum absolute atomic E-state index is 7.23. The van der Waals surface area contributed by atoms with Crippen molar-refractivity contribution in [3.05, 3.63) is 0 Å². The second kappa shape index (κ2) is 1.20. The molecule has 7 heavy (non-hydrogen) atoms. The van der Waals surface area contributed by atoms with Gasteiger partial charge in [0.05, 0.1) is 0 Å². The summed E-state index contributed by atoms with van der Waals surface area (Å²) in [6, 6.07) is 0.660. The lowest BCUT2D eigenvalue weighted by atomic mass is 9.96. The zero-order valence-corrected chi connectivity index (χ0v) is 4.22. The largest absolute Gasteiger partial charge is 0.315 e. The van der Waals surface area contributed by atoms with E-state index in [1.807, 2.05) is 0 Å². The molecule has 0 spiro atoms. The molecule has 0 saturated carbocycles. The fraction of sp³-hybridized carbons (Fsp3) is 1.00. The molecule has 2 atom stereocenters. The quantitative estimate of drug-likeness (QED) is 0.414. The summed E-state index contributed by atoms with van der Waals surface area (Å²) in [6.45, 7) is 3.06. The molecule has 40 valence electrons. The predicted molar refractivity (Wildman–Crippen MR) is 28.2 cm³/mol. The zero-order chi connectivity index (χ0) is 5.56. The molecule has 2 nitrogen and oxygen atoms in total. The summed E-state index contributed by atoms with van der Waals surface area (Å²) < 4.78 is 7.23. The number of rotatable bonds is 0. The van der Waals surface area contributed by atoms with Gasteiger partial charge in [0.1, 0.15) is 1.41 Å². The van der Waals surface area contributed by atoms with Crippen molar-refractivity contribution in [3.63, 3.8) is 0 Å². The highest BCUT2D eigenvalue weighted by Gasteiger charge is 2.33. The third kappa shape index (κ3) is 0.409. The van der Waals surface area contributed by atoms with E-state index in [1.165, 1.54) is 0 Å². The van der Waals surface area contributed by atoms with E-state index in [1.54, 1.807) is 5.31 Å². The molecule has 0 bridgehead atoms. The number of fused-ring (bicyclic) bond motifs is 1. The van der Waals surface area contributed by atoms with Gasteiger partial charge in [0.25, 0.3) is 0 Å². The van der Waals surface area contributed by atoms with Crippen molar-refractivity contribution in [1.82, 2.24) is 10.6 Å². The van der Waals surface area contributed by atoms with E-state index < -0.39 is 0 Å². The summed E-state index contributed by atoms with van der Waals surface area (Å²) in [5.74, 6) is 0.799. The third-order valence-electron chi connectivity index (χ3n) is 1.90. The highest BCUT2D eigenvalue weighted by molar-refractivity contribution is 4.95. The summed E-state index contributed by atoms with van der Waals surface area (Å²) in [5, 5.41) is 4.92. The van der Waals surface area contributed by atoms with E-state index in [2.05, 4.69) is 5.32 Å². The number of hydrogen-bond donors (Lipinski definition) is 2. The van der Waals surface area contributed by atoms with Crippen LogP contribution in [0.15, 0.2) is 0 Å². The topological polar surface area (TPSA) is 24.1 Å². The Balaban J connectivity index is 2.00. The summed E-state index contributed by atoms with van der Waals surface area (Å²) in [4.78, 5) is 0. The van der Waals surface area contributed by atoms with Gasteiger partial charge in [0, 0.05) is 31.6 Å². The lowest BCUT2D eigenvalue weighted by Crippen LogP contribution is -2.51. The maximum atomic E-state index is 7.23. The van der Waals surface area contributed by atoms with Crippen molar-refractivity contribution in [1.29, 1.82) is 0 Å². The van der Waals surface area contributed by atoms with Gasteiger partial charge >= 0.3 is 0 Å². The molecular formula is C5H10N2. The van der Waals surface area contributed by atoms with Crippen LogP contribution in [0.25, 0.3) is 0 Å². The Bertz CT molecular complexity index is 94.6. The fourth-order valence-electron chi connectivity index (χ4n) is 1.24. The van der Waals surface area contributed by atoms with Crippen LogP contribution in [0.1, 0.15) is 0 Å². The summed E-state index contributed by atoms with van der Waals surface area (Å²) >= 11 is 0. The van der Waals surface area contributed by atoms with Crippen LogP contribution in [-0.2, 0) is 0 Å². The van der Waals surface area contributed by atoms with E-state index in [9.17, 15) is 0 Å². The molecule has 2 rings (SSSR count). The smallest absolute Gasteiger partial charge is 0.122 e. The first-order valence-electron chi connectivity index (χ1n) is 3.28. The second-order valence-electron chi connectivity index (χ2n) is 2.36. The van der Waals surface area contributed by atoms with Gasteiger partial charge in [-0.05, 0) is 0 Å². The van der Waals surface area contributed by atoms with Gasteiger partial charge in [-0.25, -0.2) is 0 Å². The van der Waals surface area contributed by atoms with E-state index >= 15 is 0 Å². The van der Waals surface area contributed by atoms with Gasteiger partial charge in [-0.1, -0.05) is 0 Å². The van der Waals surface area contributed by atoms with Crippen molar-refractivity contribution in [2.24, 2.45) is 5.92 Å². The second-order valence-corrected chi connectivity index (χ2v) is 2.36. The van der Waals surface area contributed by atoms with E-state index in [0.29, 0.717) is 6.04 Å². The Morgan fingerprint density at radius 3 is 2.71 bits per heavy atom. The number of nitrogens with one attached hydrogen (secondary N) is 2. The predicted octanol–water partition coefficient (Wildman–Crippen LogP) is -0.822. The monoisotopic (exact) mass is 99.1 g/mol. The Kier molecular flexibility index (Phi) is 0.523. The van der Waals surface area contributed by atoms with E-state index in [4.69, 9.17) is 1.41 Å². The first kappa shape index (κ1) is 3.05. The minimum absolute atomic E-state index is 0.660. The Morgan fingerprint density at radius 1 is 1.43 bits per heavy atom. The molecule has 2 fully saturated rings. The van der Waals surface area contributed by atoms with Crippen molar-refractivity contribution < 1.29 is 1.41 Å². The van der Waals surface area contributed by atoms with Crippen LogP contribution >= 0.6 is 0 Å². The lowest BCUT2D eigenvalue weighted by molar-refractivity contribution is 0.297. The van der Waals surface area contributed by atoms with E-state index in [-0.39, 0.29) is 0 Å². The van der Waals surface area contributed by atoms with Crippen LogP contribution in [0.4, 0.5) is 0 Å². The van der Waals surface area contributed by atoms with Gasteiger partial charge in [-0.2, -0.15) is 0 Å². The van der Waals surface area contributed by atoms with Gasteiger partial charge in [-0.3, -0.25) is 0 Å². The molecule has 0 aliphatic carbocycles. The lowest BCUT2D eigenvalue weighted by Gasteiger charge is -2.30. The molecule has 0 unspecified atom stereocenters. The molecule has 0 aromatic carbocycles. The Labute approximate surface area is 44.8 Å². The van der Waals surface area contributed by atoms with Crippen LogP contribution < -0.4 is 10.6 Å². The molecule has 0 radical (unpaired) electrons. The SMILES string of the molecule is [2H]N1C[C@H]2CN[C@@H]2C1.